The van der Waals surface area contributed by atoms with Crippen molar-refractivity contribution in [3.8, 4) is 0 Å². The molecule has 0 saturated carbocycles. The van der Waals surface area contributed by atoms with Gasteiger partial charge in [0.05, 0.1) is 0 Å². The van der Waals surface area contributed by atoms with E-state index in [1.807, 2.05) is 0 Å². The summed E-state index contributed by atoms with van der Waals surface area (Å²) in [7, 11) is 1.27. The van der Waals surface area contributed by atoms with E-state index in [1.54, 1.807) is 20.8 Å². The molecule has 1 fully saturated rings. The average Bonchev–Trinajstić information content (AvgIpc) is 2.42. The average molecular weight is 377 g/mol. The van der Waals surface area contributed by atoms with E-state index in [-0.39, 0.29) is 13.0 Å². The summed E-state index contributed by atoms with van der Waals surface area (Å²) in [6.45, 7) is 7.19. The van der Waals surface area contributed by atoms with E-state index in [1.165, 1.54) is 21.0 Å². The normalized spacial score (nSPS) is 28.8. The Kier molecular flexibility index (Phi) is 7.36. The predicted molar refractivity (Wildman–Crippen MR) is 86.8 cm³/mol. The van der Waals surface area contributed by atoms with Crippen molar-refractivity contribution in [2.75, 3.05) is 13.7 Å². The second-order valence-corrected chi connectivity index (χ2v) is 6.95. The van der Waals surface area contributed by atoms with Gasteiger partial charge in [-0.25, -0.2) is 4.79 Å². The molecule has 0 aromatic heterocycles. The fourth-order valence-corrected chi connectivity index (χ4v) is 2.41. The third kappa shape index (κ3) is 6.77. The van der Waals surface area contributed by atoms with E-state index in [2.05, 4.69) is 5.32 Å². The van der Waals surface area contributed by atoms with Crippen molar-refractivity contribution in [1.82, 2.24) is 5.32 Å². The lowest BCUT2D eigenvalue weighted by Gasteiger charge is -2.45. The van der Waals surface area contributed by atoms with Gasteiger partial charge in [0.1, 0.15) is 24.4 Å². The first-order valence-electron chi connectivity index (χ1n) is 8.08. The Labute approximate surface area is 152 Å². The number of rotatable bonds is 5. The Hall–Kier alpha value is -1.91. The van der Waals surface area contributed by atoms with Crippen molar-refractivity contribution in [3.05, 3.63) is 0 Å². The Balaban J connectivity index is 2.95. The van der Waals surface area contributed by atoms with E-state index < -0.39 is 47.9 Å². The van der Waals surface area contributed by atoms with Crippen LogP contribution in [0.4, 0.5) is 4.79 Å². The first-order chi connectivity index (χ1) is 11.9. The van der Waals surface area contributed by atoms with Crippen LogP contribution in [0, 0.1) is 0 Å². The van der Waals surface area contributed by atoms with Crippen molar-refractivity contribution in [1.29, 1.82) is 0 Å². The monoisotopic (exact) mass is 377 g/mol. The third-order valence-corrected chi connectivity index (χ3v) is 3.32. The number of carbonyl (C=O) groups excluding carboxylic acids is 3. The van der Waals surface area contributed by atoms with Gasteiger partial charge < -0.3 is 28.8 Å². The van der Waals surface area contributed by atoms with E-state index in [0.717, 1.165) is 0 Å². The predicted octanol–water partition coefficient (Wildman–Crippen LogP) is 0.456. The van der Waals surface area contributed by atoms with Gasteiger partial charge in [-0.3, -0.25) is 14.9 Å². The molecular weight excluding hydrogens is 350 g/mol. The summed E-state index contributed by atoms with van der Waals surface area (Å²) in [6, 6.07) is 0. The fourth-order valence-electron chi connectivity index (χ4n) is 2.41. The number of alkyl carbamates (subject to hydrolysis) is 1. The minimum atomic E-state index is -2.02. The van der Waals surface area contributed by atoms with E-state index >= 15 is 0 Å². The number of esters is 2. The van der Waals surface area contributed by atoms with E-state index in [0.29, 0.717) is 0 Å². The zero-order valence-electron chi connectivity index (χ0n) is 15.9. The molecule has 10 heteroatoms. The van der Waals surface area contributed by atoms with Gasteiger partial charge in [-0.1, -0.05) is 0 Å². The fraction of sp³-hybridized carbons (Fsp3) is 0.812. The van der Waals surface area contributed by atoms with Gasteiger partial charge in [-0.05, 0) is 20.8 Å². The molecule has 0 bridgehead atoms. The van der Waals surface area contributed by atoms with Crippen molar-refractivity contribution >= 4 is 18.0 Å². The standard InChI is InChI=1S/C16H27NO9/c1-9(18)23-8-12-11(24-10(2)19)7-16(21,13(22-6)25-12)17-14(20)26-15(3,4)5/h11-13,21H,7-8H2,1-6H3,(H,17,20)/t11-,12+,13+,16-/m0/s1. The number of methoxy groups -OCH3 is 1. The maximum atomic E-state index is 12.0. The van der Waals surface area contributed by atoms with Crippen molar-refractivity contribution in [3.63, 3.8) is 0 Å². The first-order valence-corrected chi connectivity index (χ1v) is 8.08. The maximum Gasteiger partial charge on any atom is 0.410 e. The minimum Gasteiger partial charge on any atom is -0.463 e. The molecule has 1 amide bonds. The van der Waals surface area contributed by atoms with Gasteiger partial charge in [-0.2, -0.15) is 0 Å². The summed E-state index contributed by atoms with van der Waals surface area (Å²) in [6.07, 6.45) is -4.32. The molecule has 0 aliphatic carbocycles. The summed E-state index contributed by atoms with van der Waals surface area (Å²) in [5.41, 5.74) is -2.81. The Bertz CT molecular complexity index is 530. The molecule has 1 saturated heterocycles. The molecule has 0 aromatic rings. The van der Waals surface area contributed by atoms with Crippen LogP contribution >= 0.6 is 0 Å². The molecule has 1 aliphatic rings. The van der Waals surface area contributed by atoms with Gasteiger partial charge in [-0.15, -0.1) is 0 Å². The van der Waals surface area contributed by atoms with Crippen LogP contribution in [-0.2, 0) is 33.3 Å². The summed E-state index contributed by atoms with van der Waals surface area (Å²) >= 11 is 0. The van der Waals surface area contributed by atoms with Crippen LogP contribution in [0.15, 0.2) is 0 Å². The zero-order chi connectivity index (χ0) is 20.1. The molecule has 10 nitrogen and oxygen atoms in total. The van der Waals surface area contributed by atoms with Gasteiger partial charge in [0.25, 0.3) is 0 Å². The van der Waals surface area contributed by atoms with Crippen LogP contribution in [0.2, 0.25) is 0 Å². The summed E-state index contributed by atoms with van der Waals surface area (Å²) in [5.74, 6) is -1.17. The van der Waals surface area contributed by atoms with Gasteiger partial charge in [0, 0.05) is 27.4 Å². The van der Waals surface area contributed by atoms with Crippen LogP contribution in [-0.4, -0.2) is 66.7 Å². The summed E-state index contributed by atoms with van der Waals surface area (Å²) < 4.78 is 25.8. The van der Waals surface area contributed by atoms with Crippen LogP contribution in [0.25, 0.3) is 0 Å². The highest BCUT2D eigenvalue weighted by molar-refractivity contribution is 5.69. The number of amides is 1. The topological polar surface area (TPSA) is 130 Å². The highest BCUT2D eigenvalue weighted by atomic mass is 16.7. The lowest BCUT2D eigenvalue weighted by Crippen LogP contribution is -2.66. The van der Waals surface area contributed by atoms with E-state index in [9.17, 15) is 19.5 Å². The summed E-state index contributed by atoms with van der Waals surface area (Å²) in [5, 5.41) is 13.1. The molecule has 26 heavy (non-hydrogen) atoms. The molecule has 1 aliphatic heterocycles. The number of ether oxygens (including phenoxy) is 5. The molecular formula is C16H27NO9. The van der Waals surface area contributed by atoms with E-state index in [4.69, 9.17) is 23.7 Å². The highest BCUT2D eigenvalue weighted by Crippen LogP contribution is 2.30. The number of nitrogens with one attached hydrogen (secondary N) is 1. The van der Waals surface area contributed by atoms with Crippen LogP contribution in [0.3, 0.4) is 0 Å². The zero-order valence-corrected chi connectivity index (χ0v) is 15.9. The molecule has 150 valence electrons. The Morgan fingerprint density at radius 3 is 2.31 bits per heavy atom. The van der Waals surface area contributed by atoms with Crippen LogP contribution < -0.4 is 5.32 Å². The summed E-state index contributed by atoms with van der Waals surface area (Å²) in [4.78, 5) is 34.4. The number of hydrogen-bond acceptors (Lipinski definition) is 9. The third-order valence-electron chi connectivity index (χ3n) is 3.32. The molecule has 0 spiro atoms. The molecule has 0 radical (unpaired) electrons. The maximum absolute atomic E-state index is 12.0. The lowest BCUT2D eigenvalue weighted by atomic mass is 9.96. The van der Waals surface area contributed by atoms with Gasteiger partial charge in [0.2, 0.25) is 6.29 Å². The second-order valence-electron chi connectivity index (χ2n) is 6.95. The molecule has 1 heterocycles. The first kappa shape index (κ1) is 22.1. The molecule has 2 N–H and O–H groups in total. The van der Waals surface area contributed by atoms with Crippen LogP contribution in [0.1, 0.15) is 41.0 Å². The van der Waals surface area contributed by atoms with Crippen molar-refractivity contribution in [2.24, 2.45) is 0 Å². The van der Waals surface area contributed by atoms with Crippen LogP contribution in [0.5, 0.6) is 0 Å². The molecule has 0 aromatic carbocycles. The smallest absolute Gasteiger partial charge is 0.410 e. The Morgan fingerprint density at radius 1 is 1.23 bits per heavy atom. The minimum absolute atomic E-state index is 0.213. The van der Waals surface area contributed by atoms with Gasteiger partial charge >= 0.3 is 18.0 Å². The number of hydrogen-bond donors (Lipinski definition) is 2. The SMILES string of the molecule is CO[C@@H]1O[C@H](COC(C)=O)[C@@H](OC(C)=O)C[C@@]1(O)NC(=O)OC(C)(C)C. The Morgan fingerprint density at radius 2 is 1.85 bits per heavy atom. The number of carbonyl (C=O) groups is 3. The molecule has 0 unspecified atom stereocenters. The quantitative estimate of drug-likeness (QED) is 0.398. The largest absolute Gasteiger partial charge is 0.463 e. The molecule has 4 atom stereocenters. The van der Waals surface area contributed by atoms with Crippen molar-refractivity contribution in [2.45, 2.75) is 70.9 Å². The molecule has 1 rings (SSSR count). The second kappa shape index (κ2) is 8.65. The number of aliphatic hydroxyl groups is 1. The highest BCUT2D eigenvalue weighted by Gasteiger charge is 2.51. The lowest BCUT2D eigenvalue weighted by molar-refractivity contribution is -0.309. The van der Waals surface area contributed by atoms with Crippen molar-refractivity contribution < 1.29 is 43.2 Å². The van der Waals surface area contributed by atoms with Gasteiger partial charge in [0.15, 0.2) is 5.72 Å².